The number of nitrogens with zero attached hydrogens (tertiary/aromatic N) is 2. The molecule has 23 heavy (non-hydrogen) atoms. The molecule has 0 aromatic heterocycles. The van der Waals surface area contributed by atoms with E-state index in [9.17, 15) is 9.59 Å². The van der Waals surface area contributed by atoms with E-state index < -0.39 is 0 Å². The Balaban J connectivity index is 1.82. The van der Waals surface area contributed by atoms with Gasteiger partial charge in [-0.1, -0.05) is 26.0 Å². The predicted octanol–water partition coefficient (Wildman–Crippen LogP) is 2.13. The van der Waals surface area contributed by atoms with Gasteiger partial charge in [0.15, 0.2) is 0 Å². The Bertz CT molecular complexity index is 534. The van der Waals surface area contributed by atoms with E-state index in [2.05, 4.69) is 4.90 Å². The molecule has 1 aliphatic heterocycles. The van der Waals surface area contributed by atoms with Crippen LogP contribution < -0.4 is 4.74 Å². The number of hydrogen-bond donors (Lipinski definition) is 0. The van der Waals surface area contributed by atoms with Crippen molar-refractivity contribution < 1.29 is 19.1 Å². The van der Waals surface area contributed by atoms with Crippen LogP contribution in [0.25, 0.3) is 0 Å². The summed E-state index contributed by atoms with van der Waals surface area (Å²) in [6, 6.07) is 7.01. The summed E-state index contributed by atoms with van der Waals surface area (Å²) in [6.45, 7) is 6.89. The zero-order valence-corrected chi connectivity index (χ0v) is 13.9. The van der Waals surface area contributed by atoms with Gasteiger partial charge in [0.05, 0.1) is 5.92 Å². The number of likely N-dealkylation sites (N-methyl/N-ethyl adjacent to an activating group) is 1. The molecule has 0 saturated carbocycles. The van der Waals surface area contributed by atoms with Crippen LogP contribution in [0.5, 0.6) is 5.75 Å². The van der Waals surface area contributed by atoms with Crippen molar-refractivity contribution in [1.29, 1.82) is 0 Å². The van der Waals surface area contributed by atoms with Crippen LogP contribution in [-0.2, 0) is 16.1 Å². The van der Waals surface area contributed by atoms with Crippen molar-refractivity contribution >= 4 is 12.1 Å². The minimum atomic E-state index is -0.322. The molecular formula is C17H24N2O4. The van der Waals surface area contributed by atoms with E-state index in [4.69, 9.17) is 9.47 Å². The first-order chi connectivity index (χ1) is 11.0. The third-order valence-electron chi connectivity index (χ3n) is 3.74. The van der Waals surface area contributed by atoms with E-state index in [1.54, 1.807) is 43.0 Å². The Kier molecular flexibility index (Phi) is 5.98. The van der Waals surface area contributed by atoms with Gasteiger partial charge in [0.25, 0.3) is 0 Å². The van der Waals surface area contributed by atoms with Crippen LogP contribution in [0.3, 0.4) is 0 Å². The van der Waals surface area contributed by atoms with Gasteiger partial charge >= 0.3 is 12.1 Å². The first-order valence-electron chi connectivity index (χ1n) is 7.86. The number of benzene rings is 1. The highest BCUT2D eigenvalue weighted by atomic mass is 16.6. The van der Waals surface area contributed by atoms with Gasteiger partial charge in [-0.2, -0.15) is 0 Å². The Morgan fingerprint density at radius 3 is 2.26 bits per heavy atom. The second-order valence-corrected chi connectivity index (χ2v) is 6.06. The molecule has 1 amide bonds. The predicted molar refractivity (Wildman–Crippen MR) is 86.2 cm³/mol. The molecule has 1 heterocycles. The smallest absolute Gasteiger partial charge is 0.415 e. The minimum absolute atomic E-state index is 0.140. The number of carbonyl (C=O) groups is 2. The number of piperazine rings is 1. The fourth-order valence-corrected chi connectivity index (χ4v) is 2.13. The normalized spacial score (nSPS) is 15.6. The van der Waals surface area contributed by atoms with Crippen LogP contribution in [0, 0.1) is 5.92 Å². The van der Waals surface area contributed by atoms with Crippen molar-refractivity contribution in [2.75, 3.05) is 33.2 Å². The van der Waals surface area contributed by atoms with Gasteiger partial charge in [-0.25, -0.2) is 4.79 Å². The molecule has 0 radical (unpaired) electrons. The zero-order chi connectivity index (χ0) is 16.8. The van der Waals surface area contributed by atoms with Gasteiger partial charge in [-0.05, 0) is 24.7 Å². The van der Waals surface area contributed by atoms with Crippen LogP contribution in [0.2, 0.25) is 0 Å². The molecule has 0 N–H and O–H groups in total. The van der Waals surface area contributed by atoms with Gasteiger partial charge in [-0.15, -0.1) is 0 Å². The molecule has 0 aliphatic carbocycles. The summed E-state index contributed by atoms with van der Waals surface area (Å²) in [7, 11) is 2.04. The lowest BCUT2D eigenvalue weighted by molar-refractivity contribution is -0.148. The first kappa shape index (κ1) is 17.3. The fourth-order valence-electron chi connectivity index (χ4n) is 2.13. The summed E-state index contributed by atoms with van der Waals surface area (Å²) < 4.78 is 10.5. The Hall–Kier alpha value is -2.08. The van der Waals surface area contributed by atoms with Crippen LogP contribution >= 0.6 is 0 Å². The number of esters is 1. The molecule has 0 bridgehead atoms. The van der Waals surface area contributed by atoms with E-state index in [0.29, 0.717) is 18.8 Å². The van der Waals surface area contributed by atoms with E-state index in [1.807, 2.05) is 7.05 Å². The van der Waals surface area contributed by atoms with Crippen molar-refractivity contribution in [2.45, 2.75) is 20.5 Å². The number of amides is 1. The molecule has 1 aliphatic rings. The molecule has 0 unspecified atom stereocenters. The highest BCUT2D eigenvalue weighted by Crippen LogP contribution is 2.15. The molecule has 2 rings (SSSR count). The van der Waals surface area contributed by atoms with Crippen LogP contribution in [0.4, 0.5) is 4.79 Å². The molecular weight excluding hydrogens is 296 g/mol. The Morgan fingerprint density at radius 1 is 1.09 bits per heavy atom. The van der Waals surface area contributed by atoms with Crippen molar-refractivity contribution in [3.8, 4) is 5.75 Å². The summed E-state index contributed by atoms with van der Waals surface area (Å²) in [6.07, 6.45) is -0.322. The fraction of sp³-hybridized carbons (Fsp3) is 0.529. The maximum atomic E-state index is 12.1. The van der Waals surface area contributed by atoms with E-state index >= 15 is 0 Å². The monoisotopic (exact) mass is 320 g/mol. The van der Waals surface area contributed by atoms with Gasteiger partial charge in [0.1, 0.15) is 12.4 Å². The topological polar surface area (TPSA) is 59.1 Å². The highest BCUT2D eigenvalue weighted by molar-refractivity contribution is 5.71. The lowest BCUT2D eigenvalue weighted by Crippen LogP contribution is -2.48. The molecule has 1 saturated heterocycles. The summed E-state index contributed by atoms with van der Waals surface area (Å²) in [5, 5.41) is 0. The standard InChI is InChI=1S/C17H24N2O4/c1-13(2)16(20)22-12-14-4-6-15(7-5-14)23-17(21)19-10-8-18(3)9-11-19/h4-7,13H,8-12H2,1-3H3. The average molecular weight is 320 g/mol. The number of rotatable bonds is 4. The quantitative estimate of drug-likeness (QED) is 0.796. The summed E-state index contributed by atoms with van der Waals surface area (Å²) in [4.78, 5) is 27.4. The second-order valence-electron chi connectivity index (χ2n) is 6.06. The largest absolute Gasteiger partial charge is 0.461 e. The summed E-state index contributed by atoms with van der Waals surface area (Å²) in [5.41, 5.74) is 0.860. The molecule has 1 fully saturated rings. The molecule has 0 spiro atoms. The molecule has 1 aromatic carbocycles. The van der Waals surface area contributed by atoms with Crippen molar-refractivity contribution in [3.63, 3.8) is 0 Å². The molecule has 126 valence electrons. The van der Waals surface area contributed by atoms with Crippen LogP contribution in [0.1, 0.15) is 19.4 Å². The third-order valence-corrected chi connectivity index (χ3v) is 3.74. The average Bonchev–Trinajstić information content (AvgIpc) is 2.54. The van der Waals surface area contributed by atoms with Crippen LogP contribution in [0.15, 0.2) is 24.3 Å². The van der Waals surface area contributed by atoms with Gasteiger partial charge in [-0.3, -0.25) is 4.79 Å². The lowest BCUT2D eigenvalue weighted by Gasteiger charge is -2.31. The van der Waals surface area contributed by atoms with Crippen molar-refractivity contribution in [3.05, 3.63) is 29.8 Å². The van der Waals surface area contributed by atoms with Crippen LogP contribution in [-0.4, -0.2) is 55.1 Å². The minimum Gasteiger partial charge on any atom is -0.461 e. The maximum Gasteiger partial charge on any atom is 0.415 e. The van der Waals surface area contributed by atoms with Gasteiger partial charge in [0.2, 0.25) is 0 Å². The van der Waals surface area contributed by atoms with E-state index in [1.165, 1.54) is 0 Å². The molecule has 6 heteroatoms. The Labute approximate surface area is 137 Å². The number of hydrogen-bond acceptors (Lipinski definition) is 5. The van der Waals surface area contributed by atoms with Gasteiger partial charge in [0, 0.05) is 26.2 Å². The lowest BCUT2D eigenvalue weighted by atomic mass is 10.2. The summed E-state index contributed by atoms with van der Waals surface area (Å²) in [5.74, 6) is 0.127. The first-order valence-corrected chi connectivity index (χ1v) is 7.86. The zero-order valence-electron chi connectivity index (χ0n) is 13.9. The summed E-state index contributed by atoms with van der Waals surface area (Å²) >= 11 is 0. The van der Waals surface area contributed by atoms with E-state index in [0.717, 1.165) is 18.7 Å². The van der Waals surface area contributed by atoms with Crippen molar-refractivity contribution in [1.82, 2.24) is 9.80 Å². The molecule has 0 atom stereocenters. The third kappa shape index (κ3) is 5.25. The molecule has 1 aromatic rings. The molecule has 6 nitrogen and oxygen atoms in total. The number of ether oxygens (including phenoxy) is 2. The Morgan fingerprint density at radius 2 is 1.70 bits per heavy atom. The second kappa shape index (κ2) is 7.97. The maximum absolute atomic E-state index is 12.1. The van der Waals surface area contributed by atoms with Gasteiger partial charge < -0.3 is 19.3 Å². The number of carbonyl (C=O) groups excluding carboxylic acids is 2. The van der Waals surface area contributed by atoms with E-state index in [-0.39, 0.29) is 24.6 Å². The van der Waals surface area contributed by atoms with Crippen molar-refractivity contribution in [2.24, 2.45) is 5.92 Å². The SMILES string of the molecule is CC(C)C(=O)OCc1ccc(OC(=O)N2CCN(C)CC2)cc1. The highest BCUT2D eigenvalue weighted by Gasteiger charge is 2.20.